The van der Waals surface area contributed by atoms with E-state index in [1.165, 1.54) is 5.56 Å². The standard InChI is InChI=1S/C24H27N5O2/c1-19-3-2-4-20(15-19)18-26-28-23-16-22(21-5-7-25-8-6-21)17-24(27-23)31-14-11-29-9-12-30-13-10-29/h2-8,15-17H,9-14,18H2,1H3. The monoisotopic (exact) mass is 417 g/mol. The van der Waals surface area contributed by atoms with Crippen molar-refractivity contribution < 1.29 is 9.47 Å². The van der Waals surface area contributed by atoms with Gasteiger partial charge in [0.2, 0.25) is 5.88 Å². The van der Waals surface area contributed by atoms with Gasteiger partial charge in [0.1, 0.15) is 6.61 Å². The summed E-state index contributed by atoms with van der Waals surface area (Å²) in [5.41, 5.74) is 4.34. The Labute approximate surface area is 182 Å². The van der Waals surface area contributed by atoms with Crippen molar-refractivity contribution in [3.63, 3.8) is 0 Å². The molecule has 7 heteroatoms. The predicted molar refractivity (Wildman–Crippen MR) is 120 cm³/mol. The number of azo groups is 1. The lowest BCUT2D eigenvalue weighted by atomic mass is 10.1. The van der Waals surface area contributed by atoms with E-state index < -0.39 is 0 Å². The van der Waals surface area contributed by atoms with Crippen LogP contribution in [0.3, 0.4) is 0 Å². The molecule has 0 atom stereocenters. The van der Waals surface area contributed by atoms with Crippen molar-refractivity contribution in [1.82, 2.24) is 14.9 Å². The number of hydrogen-bond acceptors (Lipinski definition) is 7. The van der Waals surface area contributed by atoms with Gasteiger partial charge in [-0.3, -0.25) is 9.88 Å². The fraction of sp³-hybridized carbons (Fsp3) is 0.333. The van der Waals surface area contributed by atoms with Gasteiger partial charge in [0.15, 0.2) is 5.82 Å². The van der Waals surface area contributed by atoms with E-state index in [4.69, 9.17) is 9.47 Å². The third kappa shape index (κ3) is 6.41. The summed E-state index contributed by atoms with van der Waals surface area (Å²) in [5, 5.41) is 8.72. The Morgan fingerprint density at radius 1 is 1.03 bits per heavy atom. The van der Waals surface area contributed by atoms with E-state index in [1.807, 2.05) is 36.4 Å². The maximum Gasteiger partial charge on any atom is 0.215 e. The summed E-state index contributed by atoms with van der Waals surface area (Å²) >= 11 is 0. The SMILES string of the molecule is Cc1cccc(CN=Nc2cc(-c3ccncc3)cc(OCCN3CCOCC3)n2)c1. The molecule has 0 N–H and O–H groups in total. The molecule has 0 radical (unpaired) electrons. The molecule has 0 unspecified atom stereocenters. The molecule has 1 fully saturated rings. The Morgan fingerprint density at radius 3 is 2.68 bits per heavy atom. The number of morpholine rings is 1. The molecule has 31 heavy (non-hydrogen) atoms. The summed E-state index contributed by atoms with van der Waals surface area (Å²) in [6.45, 7) is 7.42. The average molecular weight is 418 g/mol. The van der Waals surface area contributed by atoms with Crippen molar-refractivity contribution in [2.24, 2.45) is 10.2 Å². The molecule has 3 heterocycles. The third-order valence-electron chi connectivity index (χ3n) is 5.07. The Balaban J connectivity index is 1.48. The lowest BCUT2D eigenvalue weighted by Crippen LogP contribution is -2.38. The van der Waals surface area contributed by atoms with E-state index in [9.17, 15) is 0 Å². The fourth-order valence-corrected chi connectivity index (χ4v) is 3.43. The van der Waals surface area contributed by atoms with Gasteiger partial charge < -0.3 is 9.47 Å². The maximum absolute atomic E-state index is 5.98. The van der Waals surface area contributed by atoms with Crippen LogP contribution in [0.2, 0.25) is 0 Å². The number of benzene rings is 1. The van der Waals surface area contributed by atoms with E-state index in [1.54, 1.807) is 12.4 Å². The molecule has 3 aromatic rings. The van der Waals surface area contributed by atoms with E-state index in [2.05, 4.69) is 44.2 Å². The molecule has 0 amide bonds. The Hall–Kier alpha value is -3.16. The largest absolute Gasteiger partial charge is 0.476 e. The lowest BCUT2D eigenvalue weighted by molar-refractivity contribution is 0.0320. The number of ether oxygens (including phenoxy) is 2. The van der Waals surface area contributed by atoms with Gasteiger partial charge in [0, 0.05) is 38.1 Å². The van der Waals surface area contributed by atoms with Crippen LogP contribution in [0.5, 0.6) is 5.88 Å². The molecular weight excluding hydrogens is 390 g/mol. The van der Waals surface area contributed by atoms with Crippen molar-refractivity contribution >= 4 is 5.82 Å². The average Bonchev–Trinajstić information content (AvgIpc) is 2.80. The first-order chi connectivity index (χ1) is 15.3. The van der Waals surface area contributed by atoms with E-state index >= 15 is 0 Å². The second kappa shape index (κ2) is 10.7. The minimum atomic E-state index is 0.510. The second-order valence-electron chi connectivity index (χ2n) is 7.48. The number of rotatable bonds is 8. The number of nitrogens with zero attached hydrogens (tertiary/aromatic N) is 5. The van der Waals surface area contributed by atoms with Gasteiger partial charge in [-0.1, -0.05) is 29.8 Å². The van der Waals surface area contributed by atoms with Gasteiger partial charge in [-0.25, -0.2) is 0 Å². The number of aryl methyl sites for hydroxylation is 1. The highest BCUT2D eigenvalue weighted by atomic mass is 16.5. The van der Waals surface area contributed by atoms with Crippen LogP contribution < -0.4 is 4.74 Å². The number of hydrogen-bond donors (Lipinski definition) is 0. The van der Waals surface area contributed by atoms with Gasteiger partial charge in [-0.05, 0) is 41.8 Å². The van der Waals surface area contributed by atoms with Crippen LogP contribution >= 0.6 is 0 Å². The van der Waals surface area contributed by atoms with Crippen LogP contribution in [0, 0.1) is 6.92 Å². The number of pyridine rings is 2. The van der Waals surface area contributed by atoms with Crippen molar-refractivity contribution in [3.05, 3.63) is 72.1 Å². The summed E-state index contributed by atoms with van der Waals surface area (Å²) in [6.07, 6.45) is 3.54. The maximum atomic E-state index is 5.98. The first kappa shape index (κ1) is 21.1. The van der Waals surface area contributed by atoms with E-state index in [0.29, 0.717) is 24.8 Å². The molecule has 1 saturated heterocycles. The molecule has 7 nitrogen and oxygen atoms in total. The van der Waals surface area contributed by atoms with E-state index in [0.717, 1.165) is 49.5 Å². The summed E-state index contributed by atoms with van der Waals surface area (Å²) in [4.78, 5) is 11.0. The first-order valence-corrected chi connectivity index (χ1v) is 10.5. The quantitative estimate of drug-likeness (QED) is 0.507. The summed E-state index contributed by atoms with van der Waals surface area (Å²) < 4.78 is 11.4. The summed E-state index contributed by atoms with van der Waals surface area (Å²) in [6, 6.07) is 16.0. The lowest BCUT2D eigenvalue weighted by Gasteiger charge is -2.26. The summed E-state index contributed by atoms with van der Waals surface area (Å²) in [7, 11) is 0. The van der Waals surface area contributed by atoms with Gasteiger partial charge in [-0.2, -0.15) is 10.1 Å². The van der Waals surface area contributed by atoms with Crippen LogP contribution in [0.4, 0.5) is 5.82 Å². The minimum Gasteiger partial charge on any atom is -0.476 e. The third-order valence-corrected chi connectivity index (χ3v) is 5.07. The Morgan fingerprint density at radius 2 is 1.87 bits per heavy atom. The first-order valence-electron chi connectivity index (χ1n) is 10.5. The normalized spacial score (nSPS) is 14.7. The second-order valence-corrected chi connectivity index (χ2v) is 7.48. The molecule has 160 valence electrons. The highest BCUT2D eigenvalue weighted by molar-refractivity contribution is 5.66. The fourth-order valence-electron chi connectivity index (χ4n) is 3.43. The molecule has 2 aromatic heterocycles. The van der Waals surface area contributed by atoms with E-state index in [-0.39, 0.29) is 0 Å². The van der Waals surface area contributed by atoms with Gasteiger partial charge >= 0.3 is 0 Å². The van der Waals surface area contributed by atoms with Crippen molar-refractivity contribution in [2.75, 3.05) is 39.5 Å². The van der Waals surface area contributed by atoms with Crippen molar-refractivity contribution in [2.45, 2.75) is 13.5 Å². The van der Waals surface area contributed by atoms with Crippen LogP contribution in [-0.4, -0.2) is 54.3 Å². The molecule has 4 rings (SSSR count). The zero-order chi connectivity index (χ0) is 21.3. The highest BCUT2D eigenvalue weighted by Gasteiger charge is 2.11. The molecule has 0 aliphatic carbocycles. The molecule has 1 aliphatic heterocycles. The molecule has 1 aromatic carbocycles. The zero-order valence-corrected chi connectivity index (χ0v) is 17.8. The zero-order valence-electron chi connectivity index (χ0n) is 17.8. The van der Waals surface area contributed by atoms with Gasteiger partial charge in [0.05, 0.1) is 19.8 Å². The summed E-state index contributed by atoms with van der Waals surface area (Å²) in [5.74, 6) is 1.08. The minimum absolute atomic E-state index is 0.510. The molecular formula is C24H27N5O2. The van der Waals surface area contributed by atoms with Crippen LogP contribution in [0.15, 0.2) is 71.2 Å². The van der Waals surface area contributed by atoms with Gasteiger partial charge in [0.25, 0.3) is 0 Å². The van der Waals surface area contributed by atoms with Gasteiger partial charge in [-0.15, -0.1) is 5.11 Å². The predicted octanol–water partition coefficient (Wildman–Crippen LogP) is 4.45. The Bertz CT molecular complexity index is 1000. The van der Waals surface area contributed by atoms with Crippen LogP contribution in [0.1, 0.15) is 11.1 Å². The molecule has 0 saturated carbocycles. The van der Waals surface area contributed by atoms with Crippen LogP contribution in [-0.2, 0) is 11.3 Å². The molecule has 0 spiro atoms. The van der Waals surface area contributed by atoms with Crippen molar-refractivity contribution in [1.29, 1.82) is 0 Å². The number of aromatic nitrogens is 2. The Kier molecular flexibility index (Phi) is 7.31. The molecule has 0 bridgehead atoms. The van der Waals surface area contributed by atoms with Crippen molar-refractivity contribution in [3.8, 4) is 17.0 Å². The highest BCUT2D eigenvalue weighted by Crippen LogP contribution is 2.27. The van der Waals surface area contributed by atoms with Crippen LogP contribution in [0.25, 0.3) is 11.1 Å². The molecule has 1 aliphatic rings. The smallest absolute Gasteiger partial charge is 0.215 e. The topological polar surface area (TPSA) is 72.2 Å².